The summed E-state index contributed by atoms with van der Waals surface area (Å²) in [5.41, 5.74) is 11.8. The molecule has 1 aromatic carbocycles. The van der Waals surface area contributed by atoms with Crippen LogP contribution in [0.4, 0.5) is 5.69 Å². The number of hydrogen-bond acceptors (Lipinski definition) is 4. The lowest BCUT2D eigenvalue weighted by Crippen LogP contribution is -2.01. The molecular weight excluding hydrogens is 168 g/mol. The predicted molar refractivity (Wildman–Crippen MR) is 52.7 cm³/mol. The van der Waals surface area contributed by atoms with Crippen molar-refractivity contribution < 1.29 is 11.3 Å². The summed E-state index contributed by atoms with van der Waals surface area (Å²) >= 11 is 0. The first kappa shape index (κ1) is 9.25. The van der Waals surface area contributed by atoms with Gasteiger partial charge >= 0.3 is 0 Å². The Hall–Kier alpha value is -1.84. The minimum absolute atomic E-state index is 0. The molecule has 0 aliphatic rings. The maximum atomic E-state index is 9.11. The second-order valence-electron chi connectivity index (χ2n) is 2.65. The molecule has 0 spiro atoms. The average Bonchev–Trinajstić information content (AvgIpc) is 2.07. The molecule has 0 heterocycles. The summed E-state index contributed by atoms with van der Waals surface area (Å²) in [6.45, 7) is 3.69. The Balaban J connectivity index is 0.00000169. The Labute approximate surface area is 77.9 Å². The van der Waals surface area contributed by atoms with Gasteiger partial charge in [0, 0.05) is 1.43 Å². The van der Waals surface area contributed by atoms with E-state index in [1.54, 1.807) is 12.1 Å². The van der Waals surface area contributed by atoms with E-state index >= 15 is 0 Å². The van der Waals surface area contributed by atoms with Crippen molar-refractivity contribution in [2.24, 2.45) is 5.73 Å². The van der Waals surface area contributed by atoms with Crippen LogP contribution < -0.4 is 11.5 Å². The highest BCUT2D eigenvalue weighted by Gasteiger charge is 1.98. The van der Waals surface area contributed by atoms with Gasteiger partial charge in [-0.15, -0.1) is 0 Å². The molecule has 0 saturated heterocycles. The summed E-state index contributed by atoms with van der Waals surface area (Å²) in [5, 5.41) is 9.11. The molecule has 5 N–H and O–H groups in total. The second-order valence-corrected chi connectivity index (χ2v) is 2.65. The zero-order valence-corrected chi connectivity index (χ0v) is 7.16. The van der Waals surface area contributed by atoms with Gasteiger partial charge in [0.15, 0.2) is 5.88 Å². The van der Waals surface area contributed by atoms with Crippen molar-refractivity contribution in [1.29, 1.82) is 0 Å². The van der Waals surface area contributed by atoms with Crippen molar-refractivity contribution in [3.63, 3.8) is 0 Å². The van der Waals surface area contributed by atoms with Crippen LogP contribution >= 0.6 is 0 Å². The summed E-state index contributed by atoms with van der Waals surface area (Å²) in [4.78, 5) is 0. The van der Waals surface area contributed by atoms with Crippen LogP contribution in [0, 0.1) is 0 Å². The predicted octanol–water partition coefficient (Wildman–Crippen LogP) is 1.17. The van der Waals surface area contributed by atoms with Gasteiger partial charge in [-0.1, -0.05) is 6.07 Å². The lowest BCUT2D eigenvalue weighted by molar-refractivity contribution is 0.197. The molecule has 72 valence electrons. The van der Waals surface area contributed by atoms with Gasteiger partial charge in [-0.05, 0) is 24.3 Å². The smallest absolute Gasteiger partial charge is 0.176 e. The van der Waals surface area contributed by atoms with Crippen molar-refractivity contribution in [3.8, 4) is 5.75 Å². The number of nitrogen functional groups attached to an aromatic ring is 1. The number of hydrogen-bond donors (Lipinski definition) is 3. The highest BCUT2D eigenvalue weighted by Crippen LogP contribution is 2.20. The fourth-order valence-corrected chi connectivity index (χ4v) is 0.870. The number of phenolic OH excluding ortho intramolecular Hbond substituents is 1. The van der Waals surface area contributed by atoms with Gasteiger partial charge in [0.2, 0.25) is 0 Å². The van der Waals surface area contributed by atoms with Crippen LogP contribution in [0.2, 0.25) is 0 Å². The third-order valence-electron chi connectivity index (χ3n) is 1.52. The van der Waals surface area contributed by atoms with Crippen LogP contribution in [-0.4, -0.2) is 5.11 Å². The zero-order valence-electron chi connectivity index (χ0n) is 7.16. The molecule has 0 unspecified atom stereocenters. The number of ether oxygens (including phenoxy) is 1. The Morgan fingerprint density at radius 1 is 1.62 bits per heavy atom. The molecule has 4 heteroatoms. The van der Waals surface area contributed by atoms with E-state index in [9.17, 15) is 0 Å². The Bertz CT molecular complexity index is 329. The fourth-order valence-electron chi connectivity index (χ4n) is 0.870. The highest BCUT2D eigenvalue weighted by molar-refractivity contribution is 5.53. The summed E-state index contributed by atoms with van der Waals surface area (Å²) < 4.78 is 4.97. The molecular formula is C9H14N2O2. The fraction of sp³-hybridized carbons (Fsp3) is 0.111. The Morgan fingerprint density at radius 3 is 2.85 bits per heavy atom. The van der Waals surface area contributed by atoms with Crippen LogP contribution in [0.25, 0.3) is 0 Å². The van der Waals surface area contributed by atoms with E-state index in [0.717, 1.165) is 5.56 Å². The van der Waals surface area contributed by atoms with Crippen LogP contribution in [0.3, 0.4) is 0 Å². The lowest BCUT2D eigenvalue weighted by Gasteiger charge is -2.06. The number of anilines is 1. The molecule has 1 rings (SSSR count). The van der Waals surface area contributed by atoms with Crippen LogP contribution in [0.1, 0.15) is 6.99 Å². The minimum Gasteiger partial charge on any atom is -0.506 e. The SMILES string of the molecule is C=C(N)OCc1ccc(O)c(N)c1.[HH]. The molecule has 0 saturated carbocycles. The quantitative estimate of drug-likeness (QED) is 0.372. The van der Waals surface area contributed by atoms with Crippen molar-refractivity contribution in [2.75, 3.05) is 5.73 Å². The molecule has 0 aliphatic heterocycles. The molecule has 13 heavy (non-hydrogen) atoms. The van der Waals surface area contributed by atoms with Crippen molar-refractivity contribution in [2.45, 2.75) is 6.61 Å². The second kappa shape index (κ2) is 3.71. The molecule has 4 nitrogen and oxygen atoms in total. The molecule has 0 aromatic heterocycles. The number of nitrogens with two attached hydrogens (primary N) is 2. The number of aromatic hydroxyl groups is 1. The average molecular weight is 182 g/mol. The Morgan fingerprint density at radius 2 is 2.31 bits per heavy atom. The summed E-state index contributed by atoms with van der Waals surface area (Å²) in [6, 6.07) is 4.83. The third-order valence-corrected chi connectivity index (χ3v) is 1.52. The molecule has 0 amide bonds. The van der Waals surface area contributed by atoms with Crippen molar-refractivity contribution in [1.82, 2.24) is 0 Å². The minimum atomic E-state index is 0. The first-order valence-electron chi connectivity index (χ1n) is 3.74. The van der Waals surface area contributed by atoms with Gasteiger partial charge in [-0.3, -0.25) is 0 Å². The maximum absolute atomic E-state index is 9.11. The number of rotatable bonds is 3. The standard InChI is InChI=1S/C9H12N2O2.H2/c1-6(10)13-5-7-2-3-9(12)8(11)4-7;/h2-4,12H,1,5,10-11H2;1H. The van der Waals surface area contributed by atoms with Crippen LogP contribution in [0.15, 0.2) is 30.7 Å². The third kappa shape index (κ3) is 2.59. The molecule has 1 aromatic rings. The van der Waals surface area contributed by atoms with E-state index in [1.165, 1.54) is 6.07 Å². The van der Waals surface area contributed by atoms with Gasteiger partial charge in [-0.25, -0.2) is 0 Å². The first-order chi connectivity index (χ1) is 6.09. The van der Waals surface area contributed by atoms with Gasteiger partial charge in [0.05, 0.1) is 5.69 Å². The van der Waals surface area contributed by atoms with Crippen molar-refractivity contribution >= 4 is 5.69 Å². The highest BCUT2D eigenvalue weighted by atomic mass is 16.5. The van der Waals surface area contributed by atoms with Crippen molar-refractivity contribution in [3.05, 3.63) is 36.2 Å². The monoisotopic (exact) mass is 182 g/mol. The van der Waals surface area contributed by atoms with E-state index in [4.69, 9.17) is 21.3 Å². The lowest BCUT2D eigenvalue weighted by atomic mass is 10.2. The van der Waals surface area contributed by atoms with E-state index < -0.39 is 0 Å². The van der Waals surface area contributed by atoms with Crippen LogP contribution in [0.5, 0.6) is 5.75 Å². The molecule has 0 aliphatic carbocycles. The van der Waals surface area contributed by atoms with Crippen LogP contribution in [-0.2, 0) is 11.3 Å². The topological polar surface area (TPSA) is 81.5 Å². The normalized spacial score (nSPS) is 9.54. The molecule has 0 radical (unpaired) electrons. The van der Waals surface area contributed by atoms with E-state index in [0.29, 0.717) is 12.3 Å². The largest absolute Gasteiger partial charge is 0.506 e. The van der Waals surface area contributed by atoms with Gasteiger partial charge in [0.25, 0.3) is 0 Å². The summed E-state index contributed by atoms with van der Waals surface area (Å²) in [7, 11) is 0. The van der Waals surface area contributed by atoms with Gasteiger partial charge in [0.1, 0.15) is 12.4 Å². The van der Waals surface area contributed by atoms with E-state index in [1.807, 2.05) is 0 Å². The van der Waals surface area contributed by atoms with E-state index in [2.05, 4.69) is 6.58 Å². The molecule has 0 atom stereocenters. The zero-order chi connectivity index (χ0) is 9.84. The summed E-state index contributed by atoms with van der Waals surface area (Å²) in [5.74, 6) is 0.224. The summed E-state index contributed by atoms with van der Waals surface area (Å²) in [6.07, 6.45) is 0. The maximum Gasteiger partial charge on any atom is 0.176 e. The number of benzene rings is 1. The molecule has 0 fully saturated rings. The van der Waals surface area contributed by atoms with Gasteiger partial charge < -0.3 is 21.3 Å². The molecule has 0 bridgehead atoms. The van der Waals surface area contributed by atoms with E-state index in [-0.39, 0.29) is 13.1 Å². The number of phenols is 1. The first-order valence-corrected chi connectivity index (χ1v) is 3.74. The van der Waals surface area contributed by atoms with Gasteiger partial charge in [-0.2, -0.15) is 0 Å². The Kier molecular flexibility index (Phi) is 2.64.